The van der Waals surface area contributed by atoms with E-state index < -0.39 is 0 Å². The van der Waals surface area contributed by atoms with E-state index >= 15 is 0 Å². The van der Waals surface area contributed by atoms with E-state index in [-0.39, 0.29) is 24.0 Å². The number of nitrogens with one attached hydrogen (secondary N) is 2. The highest BCUT2D eigenvalue weighted by Gasteiger charge is 2.13. The van der Waals surface area contributed by atoms with Crippen molar-refractivity contribution < 1.29 is 14.2 Å². The van der Waals surface area contributed by atoms with Crippen LogP contribution in [0.25, 0.3) is 0 Å². The number of nitrogens with zero attached hydrogens (tertiary/aromatic N) is 1. The zero-order chi connectivity index (χ0) is 21.9. The van der Waals surface area contributed by atoms with Gasteiger partial charge < -0.3 is 24.8 Å². The van der Waals surface area contributed by atoms with Gasteiger partial charge in [-0.3, -0.25) is 4.99 Å². The van der Waals surface area contributed by atoms with Gasteiger partial charge in [-0.1, -0.05) is 42.0 Å². The highest BCUT2D eigenvalue weighted by atomic mass is 127. The van der Waals surface area contributed by atoms with Crippen LogP contribution in [0.2, 0.25) is 0 Å². The van der Waals surface area contributed by atoms with Crippen molar-refractivity contribution in [3.8, 4) is 5.75 Å². The molecule has 1 fully saturated rings. The Morgan fingerprint density at radius 1 is 1.06 bits per heavy atom. The Kier molecular flexibility index (Phi) is 11.8. The Bertz CT molecular complexity index is 837. The minimum atomic E-state index is 0. The number of aliphatic imine (C=N–C) groups is 1. The van der Waals surface area contributed by atoms with Gasteiger partial charge in [0.2, 0.25) is 0 Å². The molecule has 2 aromatic rings. The molecule has 2 N–H and O–H groups in total. The summed E-state index contributed by atoms with van der Waals surface area (Å²) in [6.07, 6.45) is 3.17. The number of hydrogen-bond acceptors (Lipinski definition) is 4. The fraction of sp³-hybridized carbons (Fsp3) is 0.480. The number of ether oxygens (including phenoxy) is 3. The van der Waals surface area contributed by atoms with E-state index in [1.54, 1.807) is 14.2 Å². The van der Waals surface area contributed by atoms with Crippen molar-refractivity contribution in [3.63, 3.8) is 0 Å². The highest BCUT2D eigenvalue weighted by molar-refractivity contribution is 14.0. The van der Waals surface area contributed by atoms with Crippen LogP contribution in [-0.2, 0) is 29.0 Å². The molecule has 0 amide bonds. The first-order valence-corrected chi connectivity index (χ1v) is 11.0. The number of rotatable bonds is 9. The molecule has 0 spiro atoms. The summed E-state index contributed by atoms with van der Waals surface area (Å²) in [5, 5.41) is 6.76. The van der Waals surface area contributed by atoms with Gasteiger partial charge in [0.05, 0.1) is 19.8 Å². The molecular formula is C25H36IN3O3. The standard InChI is InChI=1S/C25H35N3O3.HI/c1-19-4-9-24(29-3)22(16-19)10-13-27-25(26-2)28-17-20-5-7-21(8-6-20)18-31-23-11-14-30-15-12-23;/h4-9,16,23H,10-15,17-18H2,1-3H3,(H2,26,27,28);1H. The quantitative estimate of drug-likeness (QED) is 0.277. The van der Waals surface area contributed by atoms with Gasteiger partial charge in [-0.15, -0.1) is 24.0 Å². The van der Waals surface area contributed by atoms with Gasteiger partial charge in [-0.25, -0.2) is 0 Å². The number of benzene rings is 2. The van der Waals surface area contributed by atoms with Crippen LogP contribution in [0.4, 0.5) is 0 Å². The lowest BCUT2D eigenvalue weighted by Gasteiger charge is -2.22. The van der Waals surface area contributed by atoms with E-state index in [9.17, 15) is 0 Å². The zero-order valence-corrected chi connectivity index (χ0v) is 21.7. The van der Waals surface area contributed by atoms with Crippen molar-refractivity contribution in [2.75, 3.05) is 33.9 Å². The molecule has 1 saturated heterocycles. The summed E-state index contributed by atoms with van der Waals surface area (Å²) in [6, 6.07) is 14.8. The Morgan fingerprint density at radius 2 is 1.78 bits per heavy atom. The second-order valence-corrected chi connectivity index (χ2v) is 7.86. The molecule has 7 heteroatoms. The van der Waals surface area contributed by atoms with E-state index in [0.717, 1.165) is 50.7 Å². The Labute approximate surface area is 209 Å². The highest BCUT2D eigenvalue weighted by Crippen LogP contribution is 2.19. The first-order valence-electron chi connectivity index (χ1n) is 11.0. The van der Waals surface area contributed by atoms with E-state index in [1.807, 2.05) is 6.07 Å². The van der Waals surface area contributed by atoms with Crippen LogP contribution in [0, 0.1) is 6.92 Å². The van der Waals surface area contributed by atoms with Crippen molar-refractivity contribution >= 4 is 29.9 Å². The van der Waals surface area contributed by atoms with Crippen LogP contribution in [0.15, 0.2) is 47.5 Å². The molecule has 0 bridgehead atoms. The normalized spacial score (nSPS) is 14.5. The lowest BCUT2D eigenvalue weighted by molar-refractivity contribution is -0.0390. The first kappa shape index (κ1) is 26.4. The van der Waals surface area contributed by atoms with Crippen LogP contribution in [0.3, 0.4) is 0 Å². The summed E-state index contributed by atoms with van der Waals surface area (Å²) in [5.41, 5.74) is 4.84. The maximum Gasteiger partial charge on any atom is 0.191 e. The number of aryl methyl sites for hydroxylation is 1. The summed E-state index contributed by atoms with van der Waals surface area (Å²) in [6.45, 7) is 5.87. The van der Waals surface area contributed by atoms with Gasteiger partial charge >= 0.3 is 0 Å². The maximum absolute atomic E-state index is 6.00. The van der Waals surface area contributed by atoms with E-state index in [0.29, 0.717) is 19.3 Å². The lowest BCUT2D eigenvalue weighted by Crippen LogP contribution is -2.37. The predicted molar refractivity (Wildman–Crippen MR) is 140 cm³/mol. The fourth-order valence-electron chi connectivity index (χ4n) is 3.63. The number of methoxy groups -OCH3 is 1. The van der Waals surface area contributed by atoms with Crippen LogP contribution < -0.4 is 15.4 Å². The average Bonchev–Trinajstić information content (AvgIpc) is 2.81. The minimum absolute atomic E-state index is 0. The van der Waals surface area contributed by atoms with Crippen molar-refractivity contribution in [2.24, 2.45) is 4.99 Å². The molecule has 1 aliphatic rings. The second kappa shape index (κ2) is 14.3. The average molecular weight is 553 g/mol. The third-order valence-corrected chi connectivity index (χ3v) is 5.48. The largest absolute Gasteiger partial charge is 0.496 e. The molecule has 3 rings (SSSR count). The lowest BCUT2D eigenvalue weighted by atomic mass is 10.1. The van der Waals surface area contributed by atoms with Crippen molar-refractivity contribution in [2.45, 2.75) is 45.4 Å². The Morgan fingerprint density at radius 3 is 2.47 bits per heavy atom. The molecule has 0 aromatic heterocycles. The minimum Gasteiger partial charge on any atom is -0.496 e. The number of guanidine groups is 1. The maximum atomic E-state index is 6.00. The van der Waals surface area contributed by atoms with E-state index in [1.165, 1.54) is 22.3 Å². The molecule has 0 unspecified atom stereocenters. The Hall–Kier alpha value is -1.84. The van der Waals surface area contributed by atoms with Gasteiger partial charge in [-0.2, -0.15) is 0 Å². The molecule has 1 heterocycles. The van der Waals surface area contributed by atoms with Gasteiger partial charge in [-0.05, 0) is 48.9 Å². The molecule has 6 nitrogen and oxygen atoms in total. The first-order chi connectivity index (χ1) is 15.2. The molecule has 2 aromatic carbocycles. The third kappa shape index (κ3) is 8.60. The Balaban J connectivity index is 0.00000363. The molecule has 0 saturated carbocycles. The summed E-state index contributed by atoms with van der Waals surface area (Å²) >= 11 is 0. The van der Waals surface area contributed by atoms with Crippen LogP contribution >= 0.6 is 24.0 Å². The summed E-state index contributed by atoms with van der Waals surface area (Å²) in [5.74, 6) is 1.72. The van der Waals surface area contributed by atoms with Gasteiger partial charge in [0, 0.05) is 33.4 Å². The van der Waals surface area contributed by atoms with Crippen molar-refractivity contribution in [1.82, 2.24) is 10.6 Å². The van der Waals surface area contributed by atoms with Gasteiger partial charge in [0.1, 0.15) is 5.75 Å². The zero-order valence-electron chi connectivity index (χ0n) is 19.4. The summed E-state index contributed by atoms with van der Waals surface area (Å²) in [7, 11) is 3.50. The molecule has 0 aliphatic carbocycles. The fourth-order valence-corrected chi connectivity index (χ4v) is 3.63. The van der Waals surface area contributed by atoms with E-state index in [4.69, 9.17) is 14.2 Å². The number of halogens is 1. The molecule has 32 heavy (non-hydrogen) atoms. The summed E-state index contributed by atoms with van der Waals surface area (Å²) < 4.78 is 16.8. The van der Waals surface area contributed by atoms with E-state index in [2.05, 4.69) is 58.9 Å². The van der Waals surface area contributed by atoms with Crippen molar-refractivity contribution in [1.29, 1.82) is 0 Å². The second-order valence-electron chi connectivity index (χ2n) is 7.86. The molecular weight excluding hydrogens is 517 g/mol. The monoisotopic (exact) mass is 553 g/mol. The smallest absolute Gasteiger partial charge is 0.191 e. The predicted octanol–water partition coefficient (Wildman–Crippen LogP) is 4.22. The SMILES string of the molecule is CN=C(NCCc1cc(C)ccc1OC)NCc1ccc(COC2CCOCC2)cc1.I. The molecule has 1 aliphatic heterocycles. The van der Waals surface area contributed by atoms with Gasteiger partial charge in [0.25, 0.3) is 0 Å². The van der Waals surface area contributed by atoms with Crippen molar-refractivity contribution in [3.05, 3.63) is 64.7 Å². The third-order valence-electron chi connectivity index (χ3n) is 5.48. The topological polar surface area (TPSA) is 64.1 Å². The van der Waals surface area contributed by atoms with Crippen LogP contribution in [0.5, 0.6) is 5.75 Å². The number of hydrogen-bond donors (Lipinski definition) is 2. The molecule has 0 radical (unpaired) electrons. The van der Waals surface area contributed by atoms with Crippen LogP contribution in [-0.4, -0.2) is 46.0 Å². The summed E-state index contributed by atoms with van der Waals surface area (Å²) in [4.78, 5) is 4.33. The van der Waals surface area contributed by atoms with Crippen LogP contribution in [0.1, 0.15) is 35.1 Å². The molecule has 176 valence electrons. The van der Waals surface area contributed by atoms with Gasteiger partial charge in [0.15, 0.2) is 5.96 Å². The molecule has 0 atom stereocenters.